The van der Waals surface area contributed by atoms with Gasteiger partial charge < -0.3 is 0 Å². The maximum Gasteiger partial charge on any atom is 0.368 e. The number of halogens is 1. The number of nitrogens with one attached hydrogen (secondary N) is 3. The molecular formula is C17H18ClN4O+. The zero-order chi connectivity index (χ0) is 16.1. The van der Waals surface area contributed by atoms with Crippen LogP contribution >= 0.6 is 11.6 Å². The Balaban J connectivity index is 1.64. The number of carbonyl (C=O) groups is 1. The highest BCUT2D eigenvalue weighted by Crippen LogP contribution is 2.10. The number of nitrogens with zero attached hydrogens (tertiary/aromatic N) is 1. The molecule has 0 saturated heterocycles. The summed E-state index contributed by atoms with van der Waals surface area (Å²) in [7, 11) is 0. The lowest BCUT2D eigenvalue weighted by Gasteiger charge is -2.07. The SMILES string of the molecule is O=C(NNC1=[N+](Cc2ccccc2)CCN1)c1cccc(Cl)c1. The zero-order valence-corrected chi connectivity index (χ0v) is 13.3. The number of rotatable bonds is 3. The maximum atomic E-state index is 12.1. The number of guanidine groups is 1. The van der Waals surface area contributed by atoms with E-state index in [0.29, 0.717) is 10.6 Å². The third-order valence-electron chi connectivity index (χ3n) is 3.59. The Labute approximate surface area is 139 Å². The standard InChI is InChI=1S/C17H17ClN4O/c18-15-8-4-7-14(11-15)16(23)20-21-17-19-9-10-22(17)12-13-5-2-1-3-6-13/h1-8,11H,9-10,12H2,(H2,19,20,21,23)/p+1. The monoisotopic (exact) mass is 329 g/mol. The van der Waals surface area contributed by atoms with Crippen LogP contribution < -0.4 is 16.2 Å². The lowest BCUT2D eigenvalue weighted by atomic mass is 10.2. The van der Waals surface area contributed by atoms with Gasteiger partial charge in [-0.05, 0) is 23.8 Å². The number of benzene rings is 2. The molecule has 2 aromatic carbocycles. The number of amides is 1. The first-order valence-corrected chi connectivity index (χ1v) is 7.82. The van der Waals surface area contributed by atoms with E-state index >= 15 is 0 Å². The number of hydrazine groups is 1. The molecule has 0 aliphatic carbocycles. The second-order valence-electron chi connectivity index (χ2n) is 5.27. The van der Waals surface area contributed by atoms with Crippen molar-refractivity contribution in [3.05, 3.63) is 70.7 Å². The molecule has 3 rings (SSSR count). The van der Waals surface area contributed by atoms with Crippen LogP contribution in [0.4, 0.5) is 0 Å². The quantitative estimate of drug-likeness (QED) is 0.594. The Hall–Kier alpha value is -2.53. The molecule has 0 bridgehead atoms. The van der Waals surface area contributed by atoms with Gasteiger partial charge in [0.05, 0.1) is 19.6 Å². The molecule has 5 nitrogen and oxygen atoms in total. The minimum absolute atomic E-state index is 0.228. The highest BCUT2D eigenvalue weighted by Gasteiger charge is 2.21. The van der Waals surface area contributed by atoms with Crippen LogP contribution in [0.1, 0.15) is 15.9 Å². The topological polar surface area (TPSA) is 56.2 Å². The van der Waals surface area contributed by atoms with Crippen LogP contribution in [0.5, 0.6) is 0 Å². The molecule has 0 unspecified atom stereocenters. The first-order valence-electron chi connectivity index (χ1n) is 7.44. The Morgan fingerprint density at radius 3 is 2.78 bits per heavy atom. The minimum Gasteiger partial charge on any atom is -0.273 e. The van der Waals surface area contributed by atoms with E-state index in [-0.39, 0.29) is 5.91 Å². The van der Waals surface area contributed by atoms with Gasteiger partial charge in [0, 0.05) is 10.6 Å². The number of carbonyl (C=O) groups excluding carboxylic acids is 1. The summed E-state index contributed by atoms with van der Waals surface area (Å²) < 4.78 is 2.15. The van der Waals surface area contributed by atoms with Gasteiger partial charge in [0.25, 0.3) is 5.91 Å². The fourth-order valence-electron chi connectivity index (χ4n) is 2.44. The summed E-state index contributed by atoms with van der Waals surface area (Å²) in [5, 5.41) is 3.77. The van der Waals surface area contributed by atoms with Gasteiger partial charge in [0.1, 0.15) is 0 Å². The summed E-state index contributed by atoms with van der Waals surface area (Å²) in [6.45, 7) is 2.50. The van der Waals surface area contributed by atoms with Crippen LogP contribution in [0.2, 0.25) is 5.02 Å². The molecule has 0 saturated carbocycles. The molecule has 118 valence electrons. The fourth-order valence-corrected chi connectivity index (χ4v) is 2.63. The van der Waals surface area contributed by atoms with Crippen LogP contribution in [-0.2, 0) is 6.54 Å². The van der Waals surface area contributed by atoms with E-state index in [1.165, 1.54) is 5.56 Å². The molecule has 0 aromatic heterocycles. The molecule has 0 radical (unpaired) electrons. The predicted octanol–water partition coefficient (Wildman–Crippen LogP) is 1.75. The first kappa shape index (κ1) is 15.4. The van der Waals surface area contributed by atoms with Gasteiger partial charge in [-0.15, -0.1) is 0 Å². The van der Waals surface area contributed by atoms with Crippen molar-refractivity contribution in [1.82, 2.24) is 16.2 Å². The normalized spacial score (nSPS) is 13.6. The average molecular weight is 330 g/mol. The third-order valence-corrected chi connectivity index (χ3v) is 3.82. The molecule has 1 aliphatic rings. The van der Waals surface area contributed by atoms with E-state index in [9.17, 15) is 4.79 Å². The van der Waals surface area contributed by atoms with E-state index in [4.69, 9.17) is 11.6 Å². The van der Waals surface area contributed by atoms with Gasteiger partial charge in [-0.3, -0.25) is 14.7 Å². The van der Waals surface area contributed by atoms with Gasteiger partial charge in [-0.1, -0.05) is 48.0 Å². The van der Waals surface area contributed by atoms with Crippen molar-refractivity contribution in [2.75, 3.05) is 13.1 Å². The minimum atomic E-state index is -0.228. The Kier molecular flexibility index (Phi) is 4.78. The zero-order valence-electron chi connectivity index (χ0n) is 12.6. The van der Waals surface area contributed by atoms with Crippen molar-refractivity contribution in [3.63, 3.8) is 0 Å². The van der Waals surface area contributed by atoms with E-state index in [2.05, 4.69) is 32.9 Å². The lowest BCUT2D eigenvalue weighted by molar-refractivity contribution is -0.536. The number of hydrogen-bond acceptors (Lipinski definition) is 3. The number of hydrogen-bond donors (Lipinski definition) is 3. The highest BCUT2D eigenvalue weighted by molar-refractivity contribution is 6.30. The molecule has 0 spiro atoms. The Bertz CT molecular complexity index is 730. The van der Waals surface area contributed by atoms with E-state index < -0.39 is 0 Å². The van der Waals surface area contributed by atoms with Gasteiger partial charge in [0.2, 0.25) is 0 Å². The summed E-state index contributed by atoms with van der Waals surface area (Å²) in [5.41, 5.74) is 7.38. The largest absolute Gasteiger partial charge is 0.368 e. The summed E-state index contributed by atoms with van der Waals surface area (Å²) in [6.07, 6.45) is 0. The summed E-state index contributed by atoms with van der Waals surface area (Å²) in [6, 6.07) is 17.0. The van der Waals surface area contributed by atoms with Crippen LogP contribution in [0.15, 0.2) is 54.6 Å². The Morgan fingerprint density at radius 1 is 1.17 bits per heavy atom. The Morgan fingerprint density at radius 2 is 2.00 bits per heavy atom. The summed E-state index contributed by atoms with van der Waals surface area (Å²) >= 11 is 5.90. The van der Waals surface area contributed by atoms with Crippen LogP contribution in [-0.4, -0.2) is 29.5 Å². The highest BCUT2D eigenvalue weighted by atomic mass is 35.5. The van der Waals surface area contributed by atoms with Crippen molar-refractivity contribution < 1.29 is 9.37 Å². The van der Waals surface area contributed by atoms with E-state index in [1.807, 2.05) is 18.2 Å². The van der Waals surface area contributed by atoms with Gasteiger partial charge in [-0.2, -0.15) is 5.43 Å². The molecule has 1 heterocycles. The lowest BCUT2D eigenvalue weighted by Crippen LogP contribution is -2.48. The van der Waals surface area contributed by atoms with Crippen molar-refractivity contribution in [2.45, 2.75) is 6.54 Å². The van der Waals surface area contributed by atoms with Gasteiger partial charge in [-0.25, -0.2) is 5.43 Å². The fraction of sp³-hybridized carbons (Fsp3) is 0.176. The summed E-state index contributed by atoms with van der Waals surface area (Å²) in [5.74, 6) is 0.567. The predicted molar refractivity (Wildman–Crippen MR) is 90.3 cm³/mol. The van der Waals surface area contributed by atoms with Crippen molar-refractivity contribution in [1.29, 1.82) is 0 Å². The van der Waals surface area contributed by atoms with Crippen LogP contribution in [0.3, 0.4) is 0 Å². The molecule has 2 aromatic rings. The van der Waals surface area contributed by atoms with Crippen LogP contribution in [0, 0.1) is 0 Å². The smallest absolute Gasteiger partial charge is 0.273 e. The van der Waals surface area contributed by atoms with Gasteiger partial charge in [0.15, 0.2) is 0 Å². The molecule has 0 atom stereocenters. The molecule has 23 heavy (non-hydrogen) atoms. The molecule has 3 N–H and O–H groups in total. The first-order chi connectivity index (χ1) is 11.2. The second kappa shape index (κ2) is 7.15. The average Bonchev–Trinajstić information content (AvgIpc) is 3.00. The van der Waals surface area contributed by atoms with E-state index in [0.717, 1.165) is 25.6 Å². The van der Waals surface area contributed by atoms with Crippen molar-refractivity contribution >= 4 is 23.5 Å². The second-order valence-corrected chi connectivity index (χ2v) is 5.71. The maximum absolute atomic E-state index is 12.1. The van der Waals surface area contributed by atoms with Gasteiger partial charge >= 0.3 is 5.96 Å². The van der Waals surface area contributed by atoms with Crippen molar-refractivity contribution in [3.8, 4) is 0 Å². The van der Waals surface area contributed by atoms with Crippen molar-refractivity contribution in [2.24, 2.45) is 0 Å². The molecule has 6 heteroatoms. The van der Waals surface area contributed by atoms with Crippen LogP contribution in [0.25, 0.3) is 0 Å². The molecule has 0 fully saturated rings. The molecular weight excluding hydrogens is 312 g/mol. The third kappa shape index (κ3) is 4.02. The summed E-state index contributed by atoms with van der Waals surface area (Å²) in [4.78, 5) is 12.1. The van der Waals surface area contributed by atoms with E-state index in [1.54, 1.807) is 24.3 Å². The molecule has 1 aliphatic heterocycles. The molecule has 1 amide bonds.